The lowest BCUT2D eigenvalue weighted by Crippen LogP contribution is -2.38. The number of aryl methyl sites for hydroxylation is 1. The maximum Gasteiger partial charge on any atom is 0.105 e. The number of terminal acetylenes is 1. The second-order valence-corrected chi connectivity index (χ2v) is 4.87. The Labute approximate surface area is 123 Å². The SMILES string of the molecule is C#CC(CC)(NC)c1ccccc1CCC/C=C\C=C. The van der Waals surface area contributed by atoms with Gasteiger partial charge in [-0.3, -0.25) is 0 Å². The Balaban J connectivity index is 2.90. The van der Waals surface area contributed by atoms with Gasteiger partial charge in [0.25, 0.3) is 0 Å². The molecule has 0 amide bonds. The number of unbranched alkanes of at least 4 members (excludes halogenated alkanes) is 1. The molecule has 1 heteroatoms. The van der Waals surface area contributed by atoms with Crippen LogP contribution in [0.4, 0.5) is 0 Å². The molecule has 0 aliphatic carbocycles. The molecule has 0 aromatic heterocycles. The highest BCUT2D eigenvalue weighted by Gasteiger charge is 2.27. The molecule has 0 bridgehead atoms. The number of nitrogens with one attached hydrogen (secondary N) is 1. The van der Waals surface area contributed by atoms with Gasteiger partial charge in [0, 0.05) is 0 Å². The van der Waals surface area contributed by atoms with Crippen molar-refractivity contribution < 1.29 is 0 Å². The van der Waals surface area contributed by atoms with Crippen LogP contribution in [0.25, 0.3) is 0 Å². The highest BCUT2D eigenvalue weighted by atomic mass is 14.9. The second kappa shape index (κ2) is 8.40. The number of hydrogen-bond donors (Lipinski definition) is 1. The minimum Gasteiger partial charge on any atom is -0.301 e. The van der Waals surface area contributed by atoms with Crippen LogP contribution in [0.2, 0.25) is 0 Å². The van der Waals surface area contributed by atoms with Gasteiger partial charge in [0.05, 0.1) is 0 Å². The van der Waals surface area contributed by atoms with E-state index in [9.17, 15) is 0 Å². The van der Waals surface area contributed by atoms with E-state index >= 15 is 0 Å². The van der Waals surface area contributed by atoms with Gasteiger partial charge in [-0.25, -0.2) is 0 Å². The Morgan fingerprint density at radius 3 is 2.75 bits per heavy atom. The molecule has 0 radical (unpaired) electrons. The van der Waals surface area contributed by atoms with Gasteiger partial charge in [0.2, 0.25) is 0 Å². The van der Waals surface area contributed by atoms with E-state index in [-0.39, 0.29) is 5.54 Å². The molecular formula is C19H25N. The van der Waals surface area contributed by atoms with Crippen molar-refractivity contribution >= 4 is 0 Å². The van der Waals surface area contributed by atoms with E-state index in [0.717, 1.165) is 25.7 Å². The van der Waals surface area contributed by atoms with Crippen molar-refractivity contribution in [2.24, 2.45) is 0 Å². The van der Waals surface area contributed by atoms with E-state index in [0.29, 0.717) is 0 Å². The van der Waals surface area contributed by atoms with Crippen LogP contribution in [0.3, 0.4) is 0 Å². The molecular weight excluding hydrogens is 242 g/mol. The van der Waals surface area contributed by atoms with Crippen LogP contribution in [-0.2, 0) is 12.0 Å². The summed E-state index contributed by atoms with van der Waals surface area (Å²) in [5, 5.41) is 3.32. The summed E-state index contributed by atoms with van der Waals surface area (Å²) in [6.07, 6.45) is 15.9. The van der Waals surface area contributed by atoms with Gasteiger partial charge in [-0.15, -0.1) is 6.42 Å². The molecule has 1 unspecified atom stereocenters. The Hall–Kier alpha value is -1.78. The predicted octanol–water partition coefficient (Wildman–Crippen LogP) is 4.21. The van der Waals surface area contributed by atoms with Gasteiger partial charge in [-0.2, -0.15) is 0 Å². The predicted molar refractivity (Wildman–Crippen MR) is 88.6 cm³/mol. The minimum absolute atomic E-state index is 0.354. The fourth-order valence-electron chi connectivity index (χ4n) is 2.51. The molecule has 0 saturated heterocycles. The molecule has 0 aliphatic heterocycles. The summed E-state index contributed by atoms with van der Waals surface area (Å²) in [6, 6.07) is 8.49. The fraction of sp³-hybridized carbons (Fsp3) is 0.368. The molecule has 0 fully saturated rings. The normalized spacial score (nSPS) is 13.8. The average molecular weight is 267 g/mol. The van der Waals surface area contributed by atoms with Crippen LogP contribution < -0.4 is 5.32 Å². The molecule has 1 N–H and O–H groups in total. The van der Waals surface area contributed by atoms with E-state index in [1.165, 1.54) is 11.1 Å². The molecule has 106 valence electrons. The molecule has 1 rings (SSSR count). The van der Waals surface area contributed by atoms with Gasteiger partial charge in [-0.05, 0) is 43.9 Å². The summed E-state index contributed by atoms with van der Waals surface area (Å²) in [5.74, 6) is 2.94. The van der Waals surface area contributed by atoms with E-state index in [1.54, 1.807) is 0 Å². The zero-order valence-corrected chi connectivity index (χ0v) is 12.7. The smallest absolute Gasteiger partial charge is 0.105 e. The lowest BCUT2D eigenvalue weighted by Gasteiger charge is -2.29. The van der Waals surface area contributed by atoms with Crippen LogP contribution >= 0.6 is 0 Å². The molecule has 1 atom stereocenters. The van der Waals surface area contributed by atoms with Gasteiger partial charge in [0.1, 0.15) is 5.54 Å². The zero-order chi connectivity index (χ0) is 14.8. The molecule has 0 saturated carbocycles. The van der Waals surface area contributed by atoms with Crippen LogP contribution in [0, 0.1) is 12.3 Å². The Morgan fingerprint density at radius 1 is 1.40 bits per heavy atom. The summed E-state index contributed by atoms with van der Waals surface area (Å²) < 4.78 is 0. The van der Waals surface area contributed by atoms with Gasteiger partial charge < -0.3 is 5.32 Å². The first-order valence-corrected chi connectivity index (χ1v) is 7.26. The molecule has 0 spiro atoms. The van der Waals surface area contributed by atoms with Crippen molar-refractivity contribution in [3.63, 3.8) is 0 Å². The first kappa shape index (κ1) is 16.3. The third-order valence-electron chi connectivity index (χ3n) is 3.77. The summed E-state index contributed by atoms with van der Waals surface area (Å²) in [6.45, 7) is 5.80. The molecule has 0 aliphatic rings. The minimum atomic E-state index is -0.354. The van der Waals surface area contributed by atoms with E-state index in [2.05, 4.69) is 55.1 Å². The Morgan fingerprint density at radius 2 is 2.15 bits per heavy atom. The highest BCUT2D eigenvalue weighted by molar-refractivity contribution is 5.39. The summed E-state index contributed by atoms with van der Waals surface area (Å²) in [5.41, 5.74) is 2.22. The fourth-order valence-corrected chi connectivity index (χ4v) is 2.51. The monoisotopic (exact) mass is 267 g/mol. The molecule has 0 heterocycles. The molecule has 1 nitrogen and oxygen atoms in total. The quantitative estimate of drug-likeness (QED) is 0.423. The second-order valence-electron chi connectivity index (χ2n) is 4.87. The van der Waals surface area contributed by atoms with Crippen LogP contribution in [0.1, 0.15) is 37.3 Å². The first-order chi connectivity index (χ1) is 9.74. The standard InChI is InChI=1S/C19H25N/c1-5-8-9-10-11-14-17-15-12-13-16-18(17)19(6-2,7-3)20-4/h2,5,8-9,12-13,15-16,20H,1,7,10-11,14H2,3-4H3/b9-8-. The Bertz CT molecular complexity index is 487. The number of allylic oxidation sites excluding steroid dienone is 3. The average Bonchev–Trinajstić information content (AvgIpc) is 2.50. The van der Waals surface area contributed by atoms with Gasteiger partial charge in [0.15, 0.2) is 0 Å². The molecule has 1 aromatic rings. The van der Waals surface area contributed by atoms with Gasteiger partial charge in [-0.1, -0.05) is 61.9 Å². The number of rotatable bonds is 8. The van der Waals surface area contributed by atoms with E-state index in [4.69, 9.17) is 6.42 Å². The summed E-state index contributed by atoms with van der Waals surface area (Å²) in [4.78, 5) is 0. The molecule has 1 aromatic carbocycles. The first-order valence-electron chi connectivity index (χ1n) is 7.26. The lowest BCUT2D eigenvalue weighted by atomic mass is 9.83. The largest absolute Gasteiger partial charge is 0.301 e. The summed E-state index contributed by atoms with van der Waals surface area (Å²) in [7, 11) is 1.94. The van der Waals surface area contributed by atoms with Crippen molar-refractivity contribution in [3.05, 3.63) is 60.2 Å². The van der Waals surface area contributed by atoms with Crippen molar-refractivity contribution in [3.8, 4) is 12.3 Å². The summed E-state index contributed by atoms with van der Waals surface area (Å²) >= 11 is 0. The van der Waals surface area contributed by atoms with Crippen LogP contribution in [-0.4, -0.2) is 7.05 Å². The van der Waals surface area contributed by atoms with Crippen molar-refractivity contribution in [2.45, 2.75) is 38.1 Å². The number of benzene rings is 1. The zero-order valence-electron chi connectivity index (χ0n) is 12.7. The Kier molecular flexibility index (Phi) is 6.84. The van der Waals surface area contributed by atoms with Crippen molar-refractivity contribution in [1.82, 2.24) is 5.32 Å². The maximum absolute atomic E-state index is 5.79. The molecule has 20 heavy (non-hydrogen) atoms. The maximum atomic E-state index is 5.79. The third-order valence-corrected chi connectivity index (χ3v) is 3.77. The van der Waals surface area contributed by atoms with Gasteiger partial charge >= 0.3 is 0 Å². The van der Waals surface area contributed by atoms with Crippen LogP contribution in [0.5, 0.6) is 0 Å². The van der Waals surface area contributed by atoms with Crippen molar-refractivity contribution in [2.75, 3.05) is 7.05 Å². The van der Waals surface area contributed by atoms with Crippen LogP contribution in [0.15, 0.2) is 49.1 Å². The number of hydrogen-bond acceptors (Lipinski definition) is 1. The van der Waals surface area contributed by atoms with E-state index in [1.807, 2.05) is 19.2 Å². The highest BCUT2D eigenvalue weighted by Crippen LogP contribution is 2.28. The van der Waals surface area contributed by atoms with Crippen molar-refractivity contribution in [1.29, 1.82) is 0 Å². The topological polar surface area (TPSA) is 12.0 Å². The lowest BCUT2D eigenvalue weighted by molar-refractivity contribution is 0.455. The third kappa shape index (κ3) is 3.85. The van der Waals surface area contributed by atoms with E-state index < -0.39 is 0 Å².